The summed E-state index contributed by atoms with van der Waals surface area (Å²) in [6.07, 6.45) is 0.917. The van der Waals surface area contributed by atoms with Crippen molar-refractivity contribution in [2.24, 2.45) is 5.73 Å². The van der Waals surface area contributed by atoms with E-state index >= 15 is 0 Å². The lowest BCUT2D eigenvalue weighted by Crippen LogP contribution is -2.35. The first-order valence-corrected chi connectivity index (χ1v) is 8.94. The van der Waals surface area contributed by atoms with Gasteiger partial charge in [0.25, 0.3) is 5.91 Å². The molecule has 1 amide bonds. The van der Waals surface area contributed by atoms with Crippen LogP contribution in [0, 0.1) is 5.82 Å². The SMILES string of the molecule is Cl.Cl.NCc1nc(C(=O)N2CCCN(Cc3ccc(F)cc3)CC2)cs1. The number of halogens is 3. The maximum Gasteiger partial charge on any atom is 0.273 e. The molecule has 0 bridgehead atoms. The van der Waals surface area contributed by atoms with Gasteiger partial charge < -0.3 is 10.6 Å². The second kappa shape index (κ2) is 10.8. The normalized spacial score (nSPS) is 14.9. The predicted octanol–water partition coefficient (Wildman–Crippen LogP) is 2.93. The molecule has 1 aromatic carbocycles. The monoisotopic (exact) mass is 420 g/mol. The molecule has 0 saturated carbocycles. The van der Waals surface area contributed by atoms with Crippen molar-refractivity contribution in [3.63, 3.8) is 0 Å². The van der Waals surface area contributed by atoms with E-state index in [0.717, 1.165) is 43.2 Å². The van der Waals surface area contributed by atoms with Gasteiger partial charge in [-0.05, 0) is 24.1 Å². The molecule has 0 spiro atoms. The van der Waals surface area contributed by atoms with E-state index in [-0.39, 0.29) is 36.5 Å². The number of thiazole rings is 1. The van der Waals surface area contributed by atoms with Gasteiger partial charge in [-0.2, -0.15) is 0 Å². The topological polar surface area (TPSA) is 62.5 Å². The molecule has 1 saturated heterocycles. The van der Waals surface area contributed by atoms with Gasteiger partial charge in [0.05, 0.1) is 0 Å². The fraction of sp³-hybridized carbons (Fsp3) is 0.412. The van der Waals surface area contributed by atoms with Crippen LogP contribution in [-0.4, -0.2) is 46.9 Å². The van der Waals surface area contributed by atoms with Crippen LogP contribution in [0.5, 0.6) is 0 Å². The fourth-order valence-corrected chi connectivity index (χ4v) is 3.49. The van der Waals surface area contributed by atoms with Gasteiger partial charge >= 0.3 is 0 Å². The molecule has 2 heterocycles. The van der Waals surface area contributed by atoms with Crippen molar-refractivity contribution < 1.29 is 9.18 Å². The molecule has 0 atom stereocenters. The average Bonchev–Trinajstić information content (AvgIpc) is 2.96. The summed E-state index contributed by atoms with van der Waals surface area (Å²) >= 11 is 1.43. The Morgan fingerprint density at radius 3 is 2.54 bits per heavy atom. The first kappa shape index (κ1) is 22.8. The van der Waals surface area contributed by atoms with Crippen molar-refractivity contribution in [1.82, 2.24) is 14.8 Å². The first-order valence-electron chi connectivity index (χ1n) is 8.06. The number of rotatable bonds is 4. The Morgan fingerprint density at radius 2 is 1.88 bits per heavy atom. The minimum absolute atomic E-state index is 0. The quantitative estimate of drug-likeness (QED) is 0.825. The molecule has 9 heteroatoms. The molecule has 1 aliphatic heterocycles. The Labute approximate surface area is 169 Å². The smallest absolute Gasteiger partial charge is 0.273 e. The minimum atomic E-state index is -0.216. The molecule has 26 heavy (non-hydrogen) atoms. The predicted molar refractivity (Wildman–Crippen MR) is 107 cm³/mol. The lowest BCUT2D eigenvalue weighted by Gasteiger charge is -2.21. The fourth-order valence-electron chi connectivity index (χ4n) is 2.85. The molecule has 1 fully saturated rings. The Kier molecular flexibility index (Phi) is 9.46. The standard InChI is InChI=1S/C17H21FN4OS.2ClH/c18-14-4-2-13(3-5-14)11-21-6-1-7-22(9-8-21)17(23)15-12-24-16(10-19)20-15;;/h2-5,12H,1,6-11,19H2;2*1H. The number of hydrogen-bond acceptors (Lipinski definition) is 5. The van der Waals surface area contributed by atoms with Crippen LogP contribution >= 0.6 is 36.2 Å². The molecule has 3 rings (SSSR count). The first-order chi connectivity index (χ1) is 11.7. The molecular weight excluding hydrogens is 398 g/mol. The molecule has 2 N–H and O–H groups in total. The van der Waals surface area contributed by atoms with Gasteiger partial charge in [-0.15, -0.1) is 36.2 Å². The van der Waals surface area contributed by atoms with Gasteiger partial charge in [0.1, 0.15) is 16.5 Å². The zero-order chi connectivity index (χ0) is 16.9. The van der Waals surface area contributed by atoms with Crippen molar-refractivity contribution in [2.45, 2.75) is 19.5 Å². The number of carbonyl (C=O) groups excluding carboxylic acids is 1. The van der Waals surface area contributed by atoms with Crippen LogP contribution in [0.3, 0.4) is 0 Å². The van der Waals surface area contributed by atoms with Crippen molar-refractivity contribution in [3.8, 4) is 0 Å². The van der Waals surface area contributed by atoms with Crippen LogP contribution in [0.2, 0.25) is 0 Å². The van der Waals surface area contributed by atoms with E-state index in [1.54, 1.807) is 5.38 Å². The number of benzene rings is 1. The van der Waals surface area contributed by atoms with Crippen LogP contribution < -0.4 is 5.73 Å². The van der Waals surface area contributed by atoms with E-state index in [9.17, 15) is 9.18 Å². The third-order valence-electron chi connectivity index (χ3n) is 4.14. The van der Waals surface area contributed by atoms with Crippen molar-refractivity contribution in [1.29, 1.82) is 0 Å². The molecule has 144 valence electrons. The third kappa shape index (κ3) is 5.89. The highest BCUT2D eigenvalue weighted by atomic mass is 35.5. The summed E-state index contributed by atoms with van der Waals surface area (Å²) < 4.78 is 13.0. The third-order valence-corrected chi connectivity index (χ3v) is 5.01. The van der Waals surface area contributed by atoms with Crippen LogP contribution in [0.1, 0.15) is 27.5 Å². The highest BCUT2D eigenvalue weighted by molar-refractivity contribution is 7.09. The zero-order valence-electron chi connectivity index (χ0n) is 14.3. The summed E-state index contributed by atoms with van der Waals surface area (Å²) in [6.45, 7) is 4.27. The molecule has 0 unspecified atom stereocenters. The van der Waals surface area contributed by atoms with E-state index in [2.05, 4.69) is 9.88 Å². The summed E-state index contributed by atoms with van der Waals surface area (Å²) in [4.78, 5) is 21.0. The van der Waals surface area contributed by atoms with Crippen LogP contribution in [0.15, 0.2) is 29.6 Å². The van der Waals surface area contributed by atoms with E-state index in [1.165, 1.54) is 23.5 Å². The van der Waals surface area contributed by atoms with Gasteiger partial charge in [0.15, 0.2) is 0 Å². The second-order valence-electron chi connectivity index (χ2n) is 5.88. The molecule has 0 aliphatic carbocycles. The molecule has 1 aromatic heterocycles. The zero-order valence-corrected chi connectivity index (χ0v) is 16.7. The van der Waals surface area contributed by atoms with Gasteiger partial charge in [-0.1, -0.05) is 12.1 Å². The summed E-state index contributed by atoms with van der Waals surface area (Å²) in [5.74, 6) is -0.235. The number of nitrogens with zero attached hydrogens (tertiary/aromatic N) is 3. The van der Waals surface area contributed by atoms with Crippen LogP contribution in [0.4, 0.5) is 4.39 Å². The molecule has 2 aromatic rings. The number of hydrogen-bond donors (Lipinski definition) is 1. The summed E-state index contributed by atoms with van der Waals surface area (Å²) in [7, 11) is 0. The highest BCUT2D eigenvalue weighted by Gasteiger charge is 2.22. The lowest BCUT2D eigenvalue weighted by molar-refractivity contribution is 0.0756. The van der Waals surface area contributed by atoms with E-state index in [0.29, 0.717) is 18.8 Å². The number of aromatic nitrogens is 1. The molecular formula is C17H23Cl2FN4OS. The Balaban J connectivity index is 0.00000169. The summed E-state index contributed by atoms with van der Waals surface area (Å²) in [5.41, 5.74) is 7.14. The van der Waals surface area contributed by atoms with Crippen LogP contribution in [0.25, 0.3) is 0 Å². The van der Waals surface area contributed by atoms with E-state index in [1.807, 2.05) is 17.0 Å². The number of amides is 1. The Morgan fingerprint density at radius 1 is 1.15 bits per heavy atom. The Bertz CT molecular complexity index is 698. The summed E-state index contributed by atoms with van der Waals surface area (Å²) in [6, 6.07) is 6.60. The van der Waals surface area contributed by atoms with Gasteiger partial charge in [-0.25, -0.2) is 9.37 Å². The van der Waals surface area contributed by atoms with Gasteiger partial charge in [0, 0.05) is 44.6 Å². The average molecular weight is 421 g/mol. The largest absolute Gasteiger partial charge is 0.336 e. The van der Waals surface area contributed by atoms with Gasteiger partial charge in [0.2, 0.25) is 0 Å². The Hall–Kier alpha value is -1.25. The minimum Gasteiger partial charge on any atom is -0.336 e. The lowest BCUT2D eigenvalue weighted by atomic mass is 10.2. The maximum atomic E-state index is 13.0. The second-order valence-corrected chi connectivity index (χ2v) is 6.82. The van der Waals surface area contributed by atoms with Crippen LogP contribution in [-0.2, 0) is 13.1 Å². The number of nitrogens with two attached hydrogens (primary N) is 1. The number of carbonyl (C=O) groups is 1. The summed E-state index contributed by atoms with van der Waals surface area (Å²) in [5, 5.41) is 2.57. The van der Waals surface area contributed by atoms with E-state index in [4.69, 9.17) is 5.73 Å². The molecule has 5 nitrogen and oxygen atoms in total. The maximum absolute atomic E-state index is 13.0. The molecule has 1 aliphatic rings. The highest BCUT2D eigenvalue weighted by Crippen LogP contribution is 2.14. The van der Waals surface area contributed by atoms with Crippen molar-refractivity contribution in [3.05, 3.63) is 51.7 Å². The molecule has 0 radical (unpaired) electrons. The van der Waals surface area contributed by atoms with Crippen molar-refractivity contribution >= 4 is 42.1 Å². The van der Waals surface area contributed by atoms with Crippen molar-refractivity contribution in [2.75, 3.05) is 26.2 Å². The van der Waals surface area contributed by atoms with E-state index < -0.39 is 0 Å². The van der Waals surface area contributed by atoms with Gasteiger partial charge in [-0.3, -0.25) is 9.69 Å².